The molecule has 8 heteroatoms. The quantitative estimate of drug-likeness (QED) is 0.729. The molecular formula is C21H28N2O5S. The largest absolute Gasteiger partial charge is 0.490 e. The second-order valence-electron chi connectivity index (χ2n) is 7.63. The number of aryl methyl sites for hydroxylation is 1. The van der Waals surface area contributed by atoms with Crippen molar-refractivity contribution in [3.63, 3.8) is 0 Å². The molecule has 0 bridgehead atoms. The zero-order valence-corrected chi connectivity index (χ0v) is 17.5. The predicted octanol–water partition coefficient (Wildman–Crippen LogP) is 2.30. The van der Waals surface area contributed by atoms with Crippen molar-refractivity contribution in [3.05, 3.63) is 53.2 Å². The van der Waals surface area contributed by atoms with Gasteiger partial charge in [0.2, 0.25) is 10.0 Å². The minimum Gasteiger partial charge on any atom is -0.490 e. The zero-order chi connectivity index (χ0) is 20.3. The molecular weight excluding hydrogens is 392 g/mol. The van der Waals surface area contributed by atoms with Gasteiger partial charge in [0, 0.05) is 25.6 Å². The number of sulfonamides is 1. The molecule has 1 aliphatic carbocycles. The molecule has 0 spiro atoms. The van der Waals surface area contributed by atoms with Gasteiger partial charge in [-0.05, 0) is 50.1 Å². The maximum Gasteiger partial charge on any atom is 0.240 e. The number of likely N-dealkylation sites (tertiary alicyclic amines) is 1. The summed E-state index contributed by atoms with van der Waals surface area (Å²) in [6.45, 7) is 5.83. The average Bonchev–Trinajstić information content (AvgIpc) is 3.14. The molecule has 0 radical (unpaired) electrons. The summed E-state index contributed by atoms with van der Waals surface area (Å²) >= 11 is 0. The molecule has 1 atom stereocenters. The highest BCUT2D eigenvalue weighted by atomic mass is 32.2. The van der Waals surface area contributed by atoms with E-state index in [0.29, 0.717) is 31.3 Å². The summed E-state index contributed by atoms with van der Waals surface area (Å²) in [7, 11) is -3.49. The fourth-order valence-corrected chi connectivity index (χ4v) is 5.25. The summed E-state index contributed by atoms with van der Waals surface area (Å²) in [6, 6.07) is 6.90. The van der Waals surface area contributed by atoms with Crippen LogP contribution >= 0.6 is 0 Å². The fourth-order valence-electron chi connectivity index (χ4n) is 3.89. The van der Waals surface area contributed by atoms with E-state index in [0.717, 1.165) is 55.2 Å². The molecule has 29 heavy (non-hydrogen) atoms. The first-order chi connectivity index (χ1) is 14.0. The molecule has 2 aliphatic heterocycles. The number of nitrogens with zero attached hydrogens (tertiary/aromatic N) is 1. The lowest BCUT2D eigenvalue weighted by Crippen LogP contribution is -2.37. The Kier molecular flexibility index (Phi) is 6.12. The maximum atomic E-state index is 12.6. The number of hydrogen-bond acceptors (Lipinski definition) is 6. The molecule has 4 rings (SSSR count). The van der Waals surface area contributed by atoms with Crippen LogP contribution in [0.1, 0.15) is 24.8 Å². The lowest BCUT2D eigenvalue weighted by atomic mass is 10.1. The minimum atomic E-state index is -3.49. The Morgan fingerprint density at radius 3 is 3.00 bits per heavy atom. The Hall–Kier alpha value is -2.03. The van der Waals surface area contributed by atoms with E-state index in [1.807, 2.05) is 13.0 Å². The Balaban J connectivity index is 1.25. The number of ether oxygens (including phenoxy) is 3. The number of allylic oxidation sites excluding steroid dienone is 2. The monoisotopic (exact) mass is 420 g/mol. The molecule has 1 unspecified atom stereocenters. The summed E-state index contributed by atoms with van der Waals surface area (Å²) in [6.07, 6.45) is 4.59. The van der Waals surface area contributed by atoms with E-state index in [2.05, 4.69) is 15.7 Å². The van der Waals surface area contributed by atoms with Crippen LogP contribution in [0, 0.1) is 6.92 Å². The van der Waals surface area contributed by atoms with E-state index < -0.39 is 10.0 Å². The van der Waals surface area contributed by atoms with Gasteiger partial charge in [0.05, 0.1) is 4.90 Å². The number of hydrogen-bond donors (Lipinski definition) is 1. The van der Waals surface area contributed by atoms with Gasteiger partial charge in [0.1, 0.15) is 25.6 Å². The van der Waals surface area contributed by atoms with Crippen LogP contribution in [0.5, 0.6) is 0 Å². The van der Waals surface area contributed by atoms with Crippen LogP contribution in [0.2, 0.25) is 0 Å². The van der Waals surface area contributed by atoms with Crippen molar-refractivity contribution in [3.8, 4) is 0 Å². The van der Waals surface area contributed by atoms with Gasteiger partial charge in [-0.25, -0.2) is 13.1 Å². The van der Waals surface area contributed by atoms with Gasteiger partial charge in [0.25, 0.3) is 0 Å². The second kappa shape index (κ2) is 8.77. The van der Waals surface area contributed by atoms with Gasteiger partial charge < -0.3 is 14.2 Å². The molecule has 1 saturated heterocycles. The summed E-state index contributed by atoms with van der Waals surface area (Å²) < 4.78 is 45.4. The normalized spacial score (nSPS) is 22.5. The van der Waals surface area contributed by atoms with Crippen molar-refractivity contribution in [2.75, 3.05) is 39.5 Å². The van der Waals surface area contributed by atoms with Crippen LogP contribution in [0.3, 0.4) is 0 Å². The van der Waals surface area contributed by atoms with E-state index in [1.54, 1.807) is 18.2 Å². The maximum absolute atomic E-state index is 12.6. The van der Waals surface area contributed by atoms with E-state index in [1.165, 1.54) is 0 Å². The van der Waals surface area contributed by atoms with Gasteiger partial charge in [-0.15, -0.1) is 0 Å². The fraction of sp³-hybridized carbons (Fsp3) is 0.524. The van der Waals surface area contributed by atoms with Gasteiger partial charge in [-0.2, -0.15) is 0 Å². The Labute approximate surface area is 172 Å². The van der Waals surface area contributed by atoms with Crippen molar-refractivity contribution in [2.24, 2.45) is 0 Å². The first-order valence-electron chi connectivity index (χ1n) is 10.1. The summed E-state index contributed by atoms with van der Waals surface area (Å²) in [5, 5.41) is 0. The highest BCUT2D eigenvalue weighted by Crippen LogP contribution is 2.30. The lowest BCUT2D eigenvalue weighted by molar-refractivity contribution is 0.0403. The molecule has 1 aromatic rings. The standard InChI is InChI=1S/C21H28N2O5S/c1-16-4-2-5-18(14-16)29(24,25)22-17-8-9-23(15-17)10-11-26-19-6-3-7-20-21(19)28-13-12-27-20/h2,4-6,14,17,22H,3,7-13,15H2,1H3. The first kappa shape index (κ1) is 20.3. The van der Waals surface area contributed by atoms with Crippen molar-refractivity contribution in [2.45, 2.75) is 37.1 Å². The highest BCUT2D eigenvalue weighted by molar-refractivity contribution is 7.89. The van der Waals surface area contributed by atoms with Crippen molar-refractivity contribution in [1.29, 1.82) is 0 Å². The van der Waals surface area contributed by atoms with Crippen LogP contribution < -0.4 is 4.72 Å². The highest BCUT2D eigenvalue weighted by Gasteiger charge is 2.28. The van der Waals surface area contributed by atoms with Crippen LogP contribution in [-0.4, -0.2) is 58.8 Å². The Morgan fingerprint density at radius 1 is 1.28 bits per heavy atom. The van der Waals surface area contributed by atoms with Crippen molar-refractivity contribution >= 4 is 10.0 Å². The van der Waals surface area contributed by atoms with E-state index in [9.17, 15) is 8.42 Å². The van der Waals surface area contributed by atoms with Gasteiger partial charge in [-0.3, -0.25) is 4.90 Å². The smallest absolute Gasteiger partial charge is 0.240 e. The SMILES string of the molecule is Cc1cccc(S(=O)(=O)NC2CCN(CCOC3=CCCC4=C3OCCO4)C2)c1. The Morgan fingerprint density at radius 2 is 2.14 bits per heavy atom. The number of rotatable bonds is 7. The minimum absolute atomic E-state index is 0.0844. The van der Waals surface area contributed by atoms with Gasteiger partial charge >= 0.3 is 0 Å². The third-order valence-corrected chi connectivity index (χ3v) is 6.86. The van der Waals surface area contributed by atoms with Crippen LogP contribution in [-0.2, 0) is 24.2 Å². The van der Waals surface area contributed by atoms with Crippen LogP contribution in [0.4, 0.5) is 0 Å². The second-order valence-corrected chi connectivity index (χ2v) is 9.34. The topological polar surface area (TPSA) is 77.1 Å². The molecule has 7 nitrogen and oxygen atoms in total. The van der Waals surface area contributed by atoms with Gasteiger partial charge in [0.15, 0.2) is 11.5 Å². The van der Waals surface area contributed by atoms with Crippen LogP contribution in [0.25, 0.3) is 0 Å². The molecule has 0 saturated carbocycles. The summed E-state index contributed by atoms with van der Waals surface area (Å²) in [5.41, 5.74) is 0.931. The average molecular weight is 421 g/mol. The van der Waals surface area contributed by atoms with E-state index in [4.69, 9.17) is 14.2 Å². The zero-order valence-electron chi connectivity index (χ0n) is 16.7. The molecule has 1 N–H and O–H groups in total. The molecule has 1 fully saturated rings. The first-order valence-corrected chi connectivity index (χ1v) is 11.6. The third kappa shape index (κ3) is 4.94. The van der Waals surface area contributed by atoms with Gasteiger partial charge in [-0.1, -0.05) is 12.1 Å². The molecule has 158 valence electrons. The third-order valence-electron chi connectivity index (χ3n) is 5.34. The molecule has 0 amide bonds. The summed E-state index contributed by atoms with van der Waals surface area (Å²) in [5.74, 6) is 2.40. The van der Waals surface area contributed by atoms with E-state index in [-0.39, 0.29) is 6.04 Å². The van der Waals surface area contributed by atoms with Crippen molar-refractivity contribution in [1.82, 2.24) is 9.62 Å². The van der Waals surface area contributed by atoms with Crippen molar-refractivity contribution < 1.29 is 22.6 Å². The number of benzene rings is 1. The predicted molar refractivity (Wildman–Crippen MR) is 109 cm³/mol. The van der Waals surface area contributed by atoms with E-state index >= 15 is 0 Å². The molecule has 1 aromatic carbocycles. The molecule has 0 aromatic heterocycles. The number of nitrogens with one attached hydrogen (secondary N) is 1. The molecule has 3 aliphatic rings. The lowest BCUT2D eigenvalue weighted by Gasteiger charge is -2.26. The summed E-state index contributed by atoms with van der Waals surface area (Å²) in [4.78, 5) is 2.54. The molecule has 2 heterocycles. The Bertz CT molecular complexity index is 909. The van der Waals surface area contributed by atoms with Crippen LogP contribution in [0.15, 0.2) is 52.5 Å².